The summed E-state index contributed by atoms with van der Waals surface area (Å²) in [6.45, 7) is 0.572. The smallest absolute Gasteiger partial charge is 0.121 e. The number of methoxy groups -OCH3 is 1. The van der Waals surface area contributed by atoms with Crippen molar-refractivity contribution in [2.45, 2.75) is 6.42 Å². The zero-order valence-corrected chi connectivity index (χ0v) is 10.6. The maximum absolute atomic E-state index is 5.70. The number of anilines is 1. The summed E-state index contributed by atoms with van der Waals surface area (Å²) >= 11 is 0. The van der Waals surface area contributed by atoms with Crippen molar-refractivity contribution >= 4 is 5.82 Å². The van der Waals surface area contributed by atoms with E-state index >= 15 is 0 Å². The quantitative estimate of drug-likeness (QED) is 0.872. The van der Waals surface area contributed by atoms with Crippen LogP contribution in [0.2, 0.25) is 0 Å². The third-order valence-corrected chi connectivity index (χ3v) is 2.65. The Balaban J connectivity index is 1.84. The van der Waals surface area contributed by atoms with Gasteiger partial charge in [-0.25, -0.2) is 0 Å². The Morgan fingerprint density at radius 3 is 2.44 bits per heavy atom. The summed E-state index contributed by atoms with van der Waals surface area (Å²) in [7, 11) is 3.46. The number of aromatic nitrogens is 2. The number of hydrogen-bond donors (Lipinski definition) is 1. The molecule has 5 heteroatoms. The lowest BCUT2D eigenvalue weighted by Crippen LogP contribution is -2.02. The van der Waals surface area contributed by atoms with Crippen molar-refractivity contribution < 1.29 is 9.47 Å². The van der Waals surface area contributed by atoms with Crippen molar-refractivity contribution in [2.75, 3.05) is 19.5 Å². The van der Waals surface area contributed by atoms with E-state index in [9.17, 15) is 0 Å². The highest BCUT2D eigenvalue weighted by atomic mass is 16.5. The highest BCUT2D eigenvalue weighted by molar-refractivity contribution is 5.32. The van der Waals surface area contributed by atoms with Gasteiger partial charge in [0.15, 0.2) is 0 Å². The first-order valence-corrected chi connectivity index (χ1v) is 5.74. The molecule has 2 rings (SSSR count). The fourth-order valence-corrected chi connectivity index (χ4v) is 1.61. The number of nitrogens with zero attached hydrogens (tertiary/aromatic N) is 2. The average Bonchev–Trinajstić information content (AvgIpc) is 2.69. The molecule has 2 N–H and O–H groups in total. The van der Waals surface area contributed by atoms with Crippen LogP contribution >= 0.6 is 0 Å². The number of rotatable bonds is 5. The zero-order chi connectivity index (χ0) is 13.0. The molecule has 0 bridgehead atoms. The molecule has 0 saturated heterocycles. The van der Waals surface area contributed by atoms with E-state index in [0.29, 0.717) is 12.4 Å². The number of nitrogen functional groups attached to an aromatic ring is 1. The molecule has 2 aromatic rings. The first-order chi connectivity index (χ1) is 8.69. The highest BCUT2D eigenvalue weighted by Gasteiger charge is 2.02. The Labute approximate surface area is 106 Å². The first-order valence-electron chi connectivity index (χ1n) is 5.74. The van der Waals surface area contributed by atoms with E-state index < -0.39 is 0 Å². The molecular weight excluding hydrogens is 230 g/mol. The van der Waals surface area contributed by atoms with E-state index in [4.69, 9.17) is 15.2 Å². The molecule has 1 heterocycles. The van der Waals surface area contributed by atoms with Crippen LogP contribution in [-0.2, 0) is 13.5 Å². The predicted molar refractivity (Wildman–Crippen MR) is 69.8 cm³/mol. The van der Waals surface area contributed by atoms with Gasteiger partial charge < -0.3 is 15.2 Å². The van der Waals surface area contributed by atoms with Crippen LogP contribution in [0.4, 0.5) is 5.82 Å². The largest absolute Gasteiger partial charge is 0.497 e. The number of nitrogens with two attached hydrogens (primary N) is 1. The minimum atomic E-state index is 0.572. The third-order valence-electron chi connectivity index (χ3n) is 2.65. The van der Waals surface area contributed by atoms with Crippen LogP contribution in [-0.4, -0.2) is 23.5 Å². The van der Waals surface area contributed by atoms with E-state index in [1.165, 1.54) is 0 Å². The van der Waals surface area contributed by atoms with Gasteiger partial charge in [0.05, 0.1) is 19.4 Å². The van der Waals surface area contributed by atoms with Crippen LogP contribution in [0.5, 0.6) is 11.5 Å². The van der Waals surface area contributed by atoms with Gasteiger partial charge in [-0.1, -0.05) is 0 Å². The van der Waals surface area contributed by atoms with Crippen LogP contribution < -0.4 is 15.2 Å². The lowest BCUT2D eigenvalue weighted by molar-refractivity contribution is 0.319. The van der Waals surface area contributed by atoms with Crippen LogP contribution in [0.15, 0.2) is 30.3 Å². The minimum absolute atomic E-state index is 0.572. The molecule has 0 amide bonds. The van der Waals surface area contributed by atoms with Crippen LogP contribution in [0, 0.1) is 0 Å². The van der Waals surface area contributed by atoms with Crippen molar-refractivity contribution in [1.29, 1.82) is 0 Å². The summed E-state index contributed by atoms with van der Waals surface area (Å²) in [6.07, 6.45) is 0.733. The number of ether oxygens (including phenoxy) is 2. The van der Waals surface area contributed by atoms with E-state index in [2.05, 4.69) is 5.10 Å². The third kappa shape index (κ3) is 2.94. The summed E-state index contributed by atoms with van der Waals surface area (Å²) in [5, 5.41) is 4.26. The Kier molecular flexibility index (Phi) is 3.72. The molecule has 1 aromatic heterocycles. The monoisotopic (exact) mass is 247 g/mol. The molecule has 0 aliphatic carbocycles. The summed E-state index contributed by atoms with van der Waals surface area (Å²) in [5.41, 5.74) is 6.63. The lowest BCUT2D eigenvalue weighted by atomic mass is 10.3. The van der Waals surface area contributed by atoms with Crippen LogP contribution in [0.1, 0.15) is 5.69 Å². The molecule has 0 atom stereocenters. The molecule has 0 saturated carbocycles. The topological polar surface area (TPSA) is 62.3 Å². The van der Waals surface area contributed by atoms with Crippen molar-refractivity contribution in [2.24, 2.45) is 7.05 Å². The van der Waals surface area contributed by atoms with Crippen molar-refractivity contribution in [1.82, 2.24) is 9.78 Å². The van der Waals surface area contributed by atoms with Gasteiger partial charge in [-0.3, -0.25) is 4.68 Å². The summed E-state index contributed by atoms with van der Waals surface area (Å²) in [5.74, 6) is 2.30. The fourth-order valence-electron chi connectivity index (χ4n) is 1.61. The van der Waals surface area contributed by atoms with Gasteiger partial charge in [0.25, 0.3) is 0 Å². The maximum Gasteiger partial charge on any atom is 0.121 e. The van der Waals surface area contributed by atoms with Crippen molar-refractivity contribution in [3.8, 4) is 11.5 Å². The SMILES string of the molecule is COc1ccc(OCCc2cc(N)n(C)n2)cc1. The molecule has 1 aromatic carbocycles. The highest BCUT2D eigenvalue weighted by Crippen LogP contribution is 2.17. The average molecular weight is 247 g/mol. The normalized spacial score (nSPS) is 10.3. The van der Waals surface area contributed by atoms with Gasteiger partial charge in [0, 0.05) is 19.5 Å². The van der Waals surface area contributed by atoms with E-state index in [1.54, 1.807) is 11.8 Å². The molecule has 0 unspecified atom stereocenters. The summed E-state index contributed by atoms with van der Waals surface area (Å²) in [4.78, 5) is 0. The maximum atomic E-state index is 5.70. The Morgan fingerprint density at radius 1 is 1.22 bits per heavy atom. The molecule has 0 fully saturated rings. The Morgan fingerprint density at radius 2 is 1.89 bits per heavy atom. The summed E-state index contributed by atoms with van der Waals surface area (Å²) < 4.78 is 12.3. The van der Waals surface area contributed by atoms with Gasteiger partial charge in [-0.15, -0.1) is 0 Å². The van der Waals surface area contributed by atoms with Crippen LogP contribution in [0.25, 0.3) is 0 Å². The van der Waals surface area contributed by atoms with Gasteiger partial charge in [-0.2, -0.15) is 5.10 Å². The fraction of sp³-hybridized carbons (Fsp3) is 0.308. The molecule has 0 radical (unpaired) electrons. The second-order valence-electron chi connectivity index (χ2n) is 3.96. The summed E-state index contributed by atoms with van der Waals surface area (Å²) in [6, 6.07) is 9.36. The predicted octanol–water partition coefficient (Wildman–Crippen LogP) is 1.63. The molecule has 0 aliphatic heterocycles. The molecule has 18 heavy (non-hydrogen) atoms. The van der Waals surface area contributed by atoms with E-state index in [0.717, 1.165) is 23.6 Å². The molecular formula is C13H17N3O2. The van der Waals surface area contributed by atoms with Gasteiger partial charge >= 0.3 is 0 Å². The van der Waals surface area contributed by atoms with Crippen LogP contribution in [0.3, 0.4) is 0 Å². The minimum Gasteiger partial charge on any atom is -0.497 e. The van der Waals surface area contributed by atoms with Gasteiger partial charge in [0.2, 0.25) is 0 Å². The second kappa shape index (κ2) is 5.44. The number of hydrogen-bond acceptors (Lipinski definition) is 4. The molecule has 0 spiro atoms. The zero-order valence-electron chi connectivity index (χ0n) is 10.6. The molecule has 0 aliphatic rings. The van der Waals surface area contributed by atoms with E-state index in [-0.39, 0.29) is 0 Å². The standard InChI is InChI=1S/C13H17N3O2/c1-16-13(14)9-10(15-16)7-8-18-12-5-3-11(17-2)4-6-12/h3-6,9H,7-8,14H2,1-2H3. The second-order valence-corrected chi connectivity index (χ2v) is 3.96. The van der Waals surface area contributed by atoms with Crippen molar-refractivity contribution in [3.05, 3.63) is 36.0 Å². The van der Waals surface area contributed by atoms with Crippen molar-refractivity contribution in [3.63, 3.8) is 0 Å². The van der Waals surface area contributed by atoms with Gasteiger partial charge in [-0.05, 0) is 24.3 Å². The lowest BCUT2D eigenvalue weighted by Gasteiger charge is -2.05. The molecule has 96 valence electrons. The van der Waals surface area contributed by atoms with Gasteiger partial charge in [0.1, 0.15) is 17.3 Å². The molecule has 5 nitrogen and oxygen atoms in total. The Hall–Kier alpha value is -2.17. The Bertz CT molecular complexity index is 486. The number of benzene rings is 1. The van der Waals surface area contributed by atoms with E-state index in [1.807, 2.05) is 37.4 Å². The first kappa shape index (κ1) is 12.3. The number of aryl methyl sites for hydroxylation is 1.